The summed E-state index contributed by atoms with van der Waals surface area (Å²) in [6.07, 6.45) is 2.60. The highest BCUT2D eigenvalue weighted by Crippen LogP contribution is 2.38. The molecule has 1 aromatic rings. The number of hydrogen-bond donors (Lipinski definition) is 1. The summed E-state index contributed by atoms with van der Waals surface area (Å²) in [5.41, 5.74) is 3.17. The highest BCUT2D eigenvalue weighted by molar-refractivity contribution is 5.33. The van der Waals surface area contributed by atoms with Crippen molar-refractivity contribution in [3.8, 4) is 0 Å². The zero-order chi connectivity index (χ0) is 11.7. The molecule has 0 radical (unpaired) electrons. The third kappa shape index (κ3) is 2.12. The van der Waals surface area contributed by atoms with Crippen LogP contribution >= 0.6 is 0 Å². The van der Waals surface area contributed by atoms with Gasteiger partial charge in [0.2, 0.25) is 0 Å². The van der Waals surface area contributed by atoms with Crippen LogP contribution in [0.25, 0.3) is 0 Å². The van der Waals surface area contributed by atoms with Gasteiger partial charge in [-0.2, -0.15) is 0 Å². The van der Waals surface area contributed by atoms with E-state index in [0.29, 0.717) is 6.04 Å². The van der Waals surface area contributed by atoms with Gasteiger partial charge in [-0.05, 0) is 29.9 Å². The topological polar surface area (TPSA) is 15.3 Å². The van der Waals surface area contributed by atoms with Crippen molar-refractivity contribution in [1.29, 1.82) is 0 Å². The SMILES string of the molecule is CC1CCc2ccccc2C1N1CCNCC1. The molecule has 0 amide bonds. The molecule has 1 aliphatic heterocycles. The molecule has 2 nitrogen and oxygen atoms in total. The Hall–Kier alpha value is -0.860. The first-order valence-electron chi connectivity index (χ1n) is 6.89. The third-order valence-corrected chi connectivity index (χ3v) is 4.33. The first kappa shape index (κ1) is 11.2. The van der Waals surface area contributed by atoms with Crippen LogP contribution in [0.4, 0.5) is 0 Å². The molecule has 1 saturated heterocycles. The second-order valence-corrected chi connectivity index (χ2v) is 5.45. The van der Waals surface area contributed by atoms with Crippen LogP contribution in [0.15, 0.2) is 24.3 Å². The minimum atomic E-state index is 0.655. The number of fused-ring (bicyclic) bond motifs is 1. The second kappa shape index (κ2) is 4.79. The van der Waals surface area contributed by atoms with Gasteiger partial charge in [0.05, 0.1) is 0 Å². The summed E-state index contributed by atoms with van der Waals surface area (Å²) in [4.78, 5) is 2.68. The van der Waals surface area contributed by atoms with E-state index in [9.17, 15) is 0 Å². The molecule has 0 aromatic heterocycles. The number of piperazine rings is 1. The van der Waals surface area contributed by atoms with E-state index < -0.39 is 0 Å². The fourth-order valence-corrected chi connectivity index (χ4v) is 3.41. The molecule has 1 aliphatic carbocycles. The highest BCUT2D eigenvalue weighted by Gasteiger charge is 2.31. The molecular weight excluding hydrogens is 208 g/mol. The van der Waals surface area contributed by atoms with E-state index >= 15 is 0 Å². The van der Waals surface area contributed by atoms with Crippen molar-refractivity contribution in [3.05, 3.63) is 35.4 Å². The van der Waals surface area contributed by atoms with E-state index in [1.807, 2.05) is 0 Å². The Bertz CT molecular complexity index is 382. The Balaban J connectivity index is 1.91. The van der Waals surface area contributed by atoms with Gasteiger partial charge in [0.15, 0.2) is 0 Å². The zero-order valence-corrected chi connectivity index (χ0v) is 10.7. The molecule has 17 heavy (non-hydrogen) atoms. The Kier molecular flexibility index (Phi) is 3.17. The Labute approximate surface area is 104 Å². The zero-order valence-electron chi connectivity index (χ0n) is 10.7. The lowest BCUT2D eigenvalue weighted by Gasteiger charge is -2.42. The van der Waals surface area contributed by atoms with Crippen LogP contribution < -0.4 is 5.32 Å². The molecule has 1 fully saturated rings. The van der Waals surface area contributed by atoms with Crippen LogP contribution in [-0.2, 0) is 6.42 Å². The number of hydrogen-bond acceptors (Lipinski definition) is 2. The summed E-state index contributed by atoms with van der Waals surface area (Å²) < 4.78 is 0. The predicted molar refractivity (Wildman–Crippen MR) is 71.1 cm³/mol. The molecule has 2 heteroatoms. The van der Waals surface area contributed by atoms with Crippen molar-refractivity contribution in [3.63, 3.8) is 0 Å². The van der Waals surface area contributed by atoms with Crippen molar-refractivity contribution in [2.24, 2.45) is 5.92 Å². The molecule has 0 spiro atoms. The van der Waals surface area contributed by atoms with Gasteiger partial charge in [-0.25, -0.2) is 0 Å². The van der Waals surface area contributed by atoms with Gasteiger partial charge in [-0.15, -0.1) is 0 Å². The number of nitrogens with zero attached hydrogens (tertiary/aromatic N) is 1. The van der Waals surface area contributed by atoms with E-state index in [2.05, 4.69) is 41.4 Å². The molecule has 2 atom stereocenters. The van der Waals surface area contributed by atoms with E-state index in [-0.39, 0.29) is 0 Å². The Morgan fingerprint density at radius 2 is 1.94 bits per heavy atom. The third-order valence-electron chi connectivity index (χ3n) is 4.33. The van der Waals surface area contributed by atoms with Crippen LogP contribution in [0.2, 0.25) is 0 Å². The van der Waals surface area contributed by atoms with Gasteiger partial charge >= 0.3 is 0 Å². The summed E-state index contributed by atoms with van der Waals surface area (Å²) in [5, 5.41) is 3.45. The number of aryl methyl sites for hydroxylation is 1. The minimum Gasteiger partial charge on any atom is -0.314 e. The second-order valence-electron chi connectivity index (χ2n) is 5.45. The van der Waals surface area contributed by atoms with Crippen LogP contribution in [0, 0.1) is 5.92 Å². The van der Waals surface area contributed by atoms with Crippen molar-refractivity contribution >= 4 is 0 Å². The lowest BCUT2D eigenvalue weighted by molar-refractivity contribution is 0.119. The first-order valence-corrected chi connectivity index (χ1v) is 6.89. The molecule has 0 bridgehead atoms. The summed E-state index contributed by atoms with van der Waals surface area (Å²) in [6.45, 7) is 7.10. The van der Waals surface area contributed by atoms with Gasteiger partial charge < -0.3 is 5.32 Å². The molecule has 3 rings (SSSR count). The van der Waals surface area contributed by atoms with Crippen molar-refractivity contribution in [1.82, 2.24) is 10.2 Å². The fraction of sp³-hybridized carbons (Fsp3) is 0.600. The lowest BCUT2D eigenvalue weighted by atomic mass is 9.79. The molecule has 1 aromatic carbocycles. The van der Waals surface area contributed by atoms with Gasteiger partial charge in [-0.3, -0.25) is 4.90 Å². The monoisotopic (exact) mass is 230 g/mol. The molecule has 1 heterocycles. The molecule has 92 valence electrons. The summed E-state index contributed by atoms with van der Waals surface area (Å²) in [7, 11) is 0. The number of rotatable bonds is 1. The van der Waals surface area contributed by atoms with Crippen molar-refractivity contribution in [2.75, 3.05) is 26.2 Å². The molecule has 1 N–H and O–H groups in total. The quantitative estimate of drug-likeness (QED) is 0.796. The first-order chi connectivity index (χ1) is 8.36. The van der Waals surface area contributed by atoms with E-state index in [4.69, 9.17) is 0 Å². The Morgan fingerprint density at radius 1 is 1.18 bits per heavy atom. The predicted octanol–water partition coefficient (Wildman–Crippen LogP) is 2.22. The van der Waals surface area contributed by atoms with Crippen LogP contribution in [0.3, 0.4) is 0 Å². The maximum Gasteiger partial charge on any atom is 0.0377 e. The molecule has 2 aliphatic rings. The number of benzene rings is 1. The van der Waals surface area contributed by atoms with Crippen molar-refractivity contribution < 1.29 is 0 Å². The fourth-order valence-electron chi connectivity index (χ4n) is 3.41. The smallest absolute Gasteiger partial charge is 0.0377 e. The minimum absolute atomic E-state index is 0.655. The van der Waals surface area contributed by atoms with Gasteiger partial charge in [0.25, 0.3) is 0 Å². The average molecular weight is 230 g/mol. The van der Waals surface area contributed by atoms with E-state index in [0.717, 1.165) is 19.0 Å². The van der Waals surface area contributed by atoms with Crippen LogP contribution in [0.5, 0.6) is 0 Å². The van der Waals surface area contributed by atoms with E-state index in [1.165, 1.54) is 25.9 Å². The van der Waals surface area contributed by atoms with Gasteiger partial charge in [0.1, 0.15) is 0 Å². The van der Waals surface area contributed by atoms with E-state index in [1.54, 1.807) is 11.1 Å². The van der Waals surface area contributed by atoms with Crippen LogP contribution in [-0.4, -0.2) is 31.1 Å². The summed E-state index contributed by atoms with van der Waals surface area (Å²) in [6, 6.07) is 9.70. The Morgan fingerprint density at radius 3 is 2.76 bits per heavy atom. The standard InChI is InChI=1S/C15H22N2/c1-12-6-7-13-4-2-3-5-14(13)15(12)17-10-8-16-9-11-17/h2-5,12,15-16H,6-11H2,1H3. The average Bonchev–Trinajstić information content (AvgIpc) is 2.39. The normalized spacial score (nSPS) is 29.9. The maximum absolute atomic E-state index is 3.45. The summed E-state index contributed by atoms with van der Waals surface area (Å²) in [5.74, 6) is 0.794. The number of nitrogens with one attached hydrogen (secondary N) is 1. The van der Waals surface area contributed by atoms with Gasteiger partial charge in [0, 0.05) is 32.2 Å². The molecule has 0 saturated carbocycles. The van der Waals surface area contributed by atoms with Gasteiger partial charge in [-0.1, -0.05) is 31.2 Å². The lowest BCUT2D eigenvalue weighted by Crippen LogP contribution is -2.47. The maximum atomic E-state index is 3.45. The van der Waals surface area contributed by atoms with Crippen LogP contribution in [0.1, 0.15) is 30.5 Å². The largest absolute Gasteiger partial charge is 0.314 e. The summed E-state index contributed by atoms with van der Waals surface area (Å²) >= 11 is 0. The highest BCUT2D eigenvalue weighted by atomic mass is 15.2. The van der Waals surface area contributed by atoms with Crippen molar-refractivity contribution in [2.45, 2.75) is 25.8 Å². The molecular formula is C15H22N2. The molecule has 2 unspecified atom stereocenters.